The fourth-order valence-corrected chi connectivity index (χ4v) is 6.00. The number of benzene rings is 1. The van der Waals surface area contributed by atoms with Gasteiger partial charge >= 0.3 is 5.97 Å². The summed E-state index contributed by atoms with van der Waals surface area (Å²) < 4.78 is 0. The van der Waals surface area contributed by atoms with E-state index >= 15 is 0 Å². The van der Waals surface area contributed by atoms with Gasteiger partial charge in [0.2, 0.25) is 11.8 Å². The summed E-state index contributed by atoms with van der Waals surface area (Å²) >= 11 is 0. The van der Waals surface area contributed by atoms with E-state index in [0.717, 1.165) is 12.5 Å². The summed E-state index contributed by atoms with van der Waals surface area (Å²) in [6, 6.07) is 7.03. The van der Waals surface area contributed by atoms with Gasteiger partial charge in [-0.2, -0.15) is 0 Å². The van der Waals surface area contributed by atoms with Crippen LogP contribution < -0.4 is 4.90 Å². The molecule has 1 aliphatic heterocycles. The van der Waals surface area contributed by atoms with Crippen LogP contribution in [0.15, 0.2) is 24.3 Å². The molecule has 1 aliphatic rings. The first-order chi connectivity index (χ1) is 11.5. The van der Waals surface area contributed by atoms with Gasteiger partial charge in [-0.3, -0.25) is 14.5 Å². The minimum absolute atomic E-state index is 0.135. The molecule has 25 heavy (non-hydrogen) atoms. The molecule has 2 rings (SSSR count). The Kier molecular flexibility index (Phi) is 5.51. The van der Waals surface area contributed by atoms with E-state index in [0.29, 0.717) is 11.6 Å². The number of rotatable bonds is 6. The van der Waals surface area contributed by atoms with Gasteiger partial charge in [-0.1, -0.05) is 39.5 Å². The number of hydrogen-bond acceptors (Lipinski definition) is 3. The van der Waals surface area contributed by atoms with Gasteiger partial charge < -0.3 is 5.11 Å². The Labute approximate surface area is 150 Å². The molecule has 1 aromatic rings. The topological polar surface area (TPSA) is 74.7 Å². The number of nitrogens with zero attached hydrogens (tertiary/aromatic N) is 1. The molecule has 3 unspecified atom stereocenters. The number of hydrogen-bond donors (Lipinski definition) is 1. The van der Waals surface area contributed by atoms with Crippen LogP contribution in [0.1, 0.15) is 30.6 Å². The first-order valence-corrected chi connectivity index (χ1v) is 12.4. The third-order valence-corrected chi connectivity index (χ3v) is 6.66. The van der Waals surface area contributed by atoms with Gasteiger partial charge in [-0.05, 0) is 36.6 Å². The quantitative estimate of drug-likeness (QED) is 0.616. The Morgan fingerprint density at radius 2 is 1.72 bits per heavy atom. The van der Waals surface area contributed by atoms with Crippen LogP contribution in [-0.2, 0) is 9.59 Å². The van der Waals surface area contributed by atoms with Gasteiger partial charge in [0.15, 0.2) is 0 Å². The van der Waals surface area contributed by atoms with Gasteiger partial charge in [0.25, 0.3) is 0 Å². The number of carboxylic acid groups (broad SMARTS) is 1. The Morgan fingerprint density at radius 1 is 1.16 bits per heavy atom. The van der Waals surface area contributed by atoms with E-state index in [1.807, 2.05) is 6.92 Å². The third-order valence-electron chi connectivity index (χ3n) is 4.74. The zero-order valence-corrected chi connectivity index (χ0v) is 16.6. The van der Waals surface area contributed by atoms with E-state index in [1.54, 1.807) is 0 Å². The zero-order valence-electron chi connectivity index (χ0n) is 15.6. The van der Waals surface area contributed by atoms with Crippen molar-refractivity contribution in [1.82, 2.24) is 0 Å². The molecule has 2 amide bonds. The van der Waals surface area contributed by atoms with Crippen LogP contribution in [0.3, 0.4) is 0 Å². The minimum atomic E-state index is -1.22. The summed E-state index contributed by atoms with van der Waals surface area (Å²) in [6.45, 7) is 10.9. The average Bonchev–Trinajstić information content (AvgIpc) is 2.69. The summed E-state index contributed by atoms with van der Waals surface area (Å²) in [5.74, 6) is -1.61. The second kappa shape index (κ2) is 7.12. The van der Waals surface area contributed by atoms with Crippen molar-refractivity contribution >= 4 is 31.5 Å². The highest BCUT2D eigenvalue weighted by atomic mass is 28.3. The normalized spacial score (nSPS) is 22.4. The molecule has 136 valence electrons. The molecular formula is C19H27NO4Si. The van der Waals surface area contributed by atoms with E-state index < -0.39 is 14.0 Å². The monoisotopic (exact) mass is 361 g/mol. The Hall–Kier alpha value is -1.95. The first kappa shape index (κ1) is 19.4. The van der Waals surface area contributed by atoms with Crippen molar-refractivity contribution < 1.29 is 19.5 Å². The molecule has 1 N–H and O–H groups in total. The van der Waals surface area contributed by atoms with Crippen molar-refractivity contribution in [2.45, 2.75) is 46.0 Å². The summed E-state index contributed by atoms with van der Waals surface area (Å²) in [4.78, 5) is 37.6. The lowest BCUT2D eigenvalue weighted by Gasteiger charge is -2.24. The molecule has 1 fully saturated rings. The van der Waals surface area contributed by atoms with E-state index in [1.165, 1.54) is 29.2 Å². The van der Waals surface area contributed by atoms with E-state index in [9.17, 15) is 14.4 Å². The molecule has 0 radical (unpaired) electrons. The number of carbonyl (C=O) groups is 3. The second-order valence-electron chi connectivity index (χ2n) is 8.36. The number of aromatic carboxylic acids is 1. The van der Waals surface area contributed by atoms with Gasteiger partial charge in [0.05, 0.1) is 17.2 Å². The van der Waals surface area contributed by atoms with E-state index in [4.69, 9.17) is 5.11 Å². The number of carboxylic acids is 1. The Balaban J connectivity index is 2.18. The fraction of sp³-hybridized carbons (Fsp3) is 0.526. The molecule has 1 saturated heterocycles. The zero-order chi connectivity index (χ0) is 18.9. The van der Waals surface area contributed by atoms with Gasteiger partial charge in [-0.25, -0.2) is 4.79 Å². The van der Waals surface area contributed by atoms with Gasteiger partial charge in [0, 0.05) is 14.0 Å². The van der Waals surface area contributed by atoms with Crippen molar-refractivity contribution in [2.75, 3.05) is 4.90 Å². The lowest BCUT2D eigenvalue weighted by atomic mass is 9.88. The molecule has 0 bridgehead atoms. The maximum absolute atomic E-state index is 12.8. The van der Waals surface area contributed by atoms with Crippen molar-refractivity contribution in [2.24, 2.45) is 17.8 Å². The average molecular weight is 362 g/mol. The van der Waals surface area contributed by atoms with Gasteiger partial charge in [0.1, 0.15) is 0 Å². The number of carbonyl (C=O) groups excluding carboxylic acids is 2. The van der Waals surface area contributed by atoms with Crippen LogP contribution >= 0.6 is 0 Å². The van der Waals surface area contributed by atoms with Crippen molar-refractivity contribution in [1.29, 1.82) is 0 Å². The largest absolute Gasteiger partial charge is 0.478 e. The predicted molar refractivity (Wildman–Crippen MR) is 100 cm³/mol. The van der Waals surface area contributed by atoms with Crippen molar-refractivity contribution in [3.8, 4) is 0 Å². The summed E-state index contributed by atoms with van der Waals surface area (Å²) in [5.41, 5.74) is 0.586. The molecule has 3 atom stereocenters. The fourth-order valence-electron chi connectivity index (χ4n) is 3.74. The molecule has 1 aromatic carbocycles. The van der Waals surface area contributed by atoms with E-state index in [2.05, 4.69) is 26.6 Å². The SMILES string of the molecule is CC(CC1C(=O)N(c2ccc(C(=O)O)cc2)C(=O)C1C)C[Si](C)(C)C. The highest BCUT2D eigenvalue weighted by Gasteiger charge is 2.46. The minimum Gasteiger partial charge on any atom is -0.478 e. The van der Waals surface area contributed by atoms with Crippen LogP contribution in [0, 0.1) is 17.8 Å². The molecule has 0 saturated carbocycles. The molecule has 0 aromatic heterocycles. The van der Waals surface area contributed by atoms with E-state index in [-0.39, 0.29) is 29.2 Å². The molecule has 6 heteroatoms. The van der Waals surface area contributed by atoms with Crippen LogP contribution in [0.5, 0.6) is 0 Å². The molecule has 0 aliphatic carbocycles. The lowest BCUT2D eigenvalue weighted by molar-refractivity contribution is -0.122. The Morgan fingerprint density at radius 3 is 2.20 bits per heavy atom. The third kappa shape index (κ3) is 4.37. The summed E-state index contributed by atoms with van der Waals surface area (Å²) in [6.07, 6.45) is 0.722. The van der Waals surface area contributed by atoms with Crippen LogP contribution in [0.2, 0.25) is 25.7 Å². The van der Waals surface area contributed by atoms with Crippen molar-refractivity contribution in [3.63, 3.8) is 0 Å². The lowest BCUT2D eigenvalue weighted by Crippen LogP contribution is -2.31. The smallest absolute Gasteiger partial charge is 0.335 e. The van der Waals surface area contributed by atoms with Gasteiger partial charge in [-0.15, -0.1) is 0 Å². The number of imide groups is 1. The van der Waals surface area contributed by atoms with Crippen LogP contribution in [-0.4, -0.2) is 31.0 Å². The number of anilines is 1. The molecule has 1 heterocycles. The second-order valence-corrected chi connectivity index (χ2v) is 13.9. The molecular weight excluding hydrogens is 334 g/mol. The standard InChI is InChI=1S/C19H27NO4Si/c1-12(11-25(3,4)5)10-16-13(2)17(21)20(18(16)22)15-8-6-14(7-9-15)19(23)24/h6-9,12-13,16H,10-11H2,1-5H3,(H,23,24). The van der Waals surface area contributed by atoms with Crippen LogP contribution in [0.4, 0.5) is 5.69 Å². The highest BCUT2D eigenvalue weighted by Crippen LogP contribution is 2.36. The maximum Gasteiger partial charge on any atom is 0.335 e. The van der Waals surface area contributed by atoms with Crippen LogP contribution in [0.25, 0.3) is 0 Å². The summed E-state index contributed by atoms with van der Waals surface area (Å²) in [5, 5.41) is 8.98. The predicted octanol–water partition coefficient (Wildman–Crippen LogP) is 3.87. The molecule has 0 spiro atoms. The highest BCUT2D eigenvalue weighted by molar-refractivity contribution is 6.76. The maximum atomic E-state index is 12.8. The molecule has 5 nitrogen and oxygen atoms in total. The Bertz CT molecular complexity index is 678. The number of amides is 2. The van der Waals surface area contributed by atoms with Crippen molar-refractivity contribution in [3.05, 3.63) is 29.8 Å². The summed E-state index contributed by atoms with van der Waals surface area (Å²) in [7, 11) is -1.22. The first-order valence-electron chi connectivity index (χ1n) is 8.72.